The van der Waals surface area contributed by atoms with Crippen molar-refractivity contribution in [3.8, 4) is 5.75 Å². The van der Waals surface area contributed by atoms with Gasteiger partial charge in [-0.15, -0.1) is 0 Å². The largest absolute Gasteiger partial charge is 0.508 e. The highest BCUT2D eigenvalue weighted by Crippen LogP contribution is 2.48. The Hall–Kier alpha value is -0.540. The summed E-state index contributed by atoms with van der Waals surface area (Å²) >= 11 is 3.54. The first-order chi connectivity index (χ1) is 6.94. The number of phenols is 1. The van der Waals surface area contributed by atoms with E-state index in [1.165, 1.54) is 0 Å². The van der Waals surface area contributed by atoms with Gasteiger partial charge in [-0.05, 0) is 36.5 Å². The second kappa shape index (κ2) is 3.49. The molecule has 0 aromatic heterocycles. The first kappa shape index (κ1) is 11.0. The van der Waals surface area contributed by atoms with Crippen molar-refractivity contribution in [3.05, 3.63) is 27.7 Å². The highest BCUT2D eigenvalue weighted by molar-refractivity contribution is 9.10. The summed E-state index contributed by atoms with van der Waals surface area (Å²) in [6.07, 6.45) is 1.93. The molecule has 1 aromatic carbocycles. The van der Waals surface area contributed by atoms with E-state index in [9.17, 15) is 5.11 Å². The van der Waals surface area contributed by atoms with Gasteiger partial charge in [-0.2, -0.15) is 0 Å². The fourth-order valence-corrected chi connectivity index (χ4v) is 2.62. The van der Waals surface area contributed by atoms with Gasteiger partial charge in [-0.25, -0.2) is 0 Å². The van der Waals surface area contributed by atoms with E-state index in [4.69, 9.17) is 5.73 Å². The van der Waals surface area contributed by atoms with Gasteiger partial charge < -0.3 is 10.8 Å². The third-order valence-electron chi connectivity index (χ3n) is 3.06. The van der Waals surface area contributed by atoms with Crippen LogP contribution in [0.2, 0.25) is 0 Å². The van der Waals surface area contributed by atoms with Crippen molar-refractivity contribution in [2.45, 2.75) is 38.1 Å². The SMILES string of the molecule is CC(C)c1cc(O)c(C2(N)CC2)cc1Br. The summed E-state index contributed by atoms with van der Waals surface area (Å²) in [5, 5.41) is 9.94. The lowest BCUT2D eigenvalue weighted by Crippen LogP contribution is -2.19. The molecular formula is C12H16BrNO. The molecule has 0 aliphatic heterocycles. The molecule has 3 heteroatoms. The summed E-state index contributed by atoms with van der Waals surface area (Å²) in [7, 11) is 0. The quantitative estimate of drug-likeness (QED) is 0.866. The van der Waals surface area contributed by atoms with Crippen molar-refractivity contribution in [2.75, 3.05) is 0 Å². The number of benzene rings is 1. The fraction of sp³-hybridized carbons (Fsp3) is 0.500. The van der Waals surface area contributed by atoms with Gasteiger partial charge in [0.1, 0.15) is 5.75 Å². The molecule has 1 aliphatic carbocycles. The third kappa shape index (κ3) is 1.91. The molecule has 0 bridgehead atoms. The van der Waals surface area contributed by atoms with E-state index in [-0.39, 0.29) is 5.54 Å². The average molecular weight is 270 g/mol. The maximum atomic E-state index is 9.94. The molecule has 2 nitrogen and oxygen atoms in total. The normalized spacial score (nSPS) is 18.2. The molecule has 1 aliphatic rings. The van der Waals surface area contributed by atoms with Crippen LogP contribution in [0.15, 0.2) is 16.6 Å². The molecule has 0 radical (unpaired) electrons. The average Bonchev–Trinajstić information content (AvgIpc) is 2.88. The molecule has 0 heterocycles. The summed E-state index contributed by atoms with van der Waals surface area (Å²) in [6, 6.07) is 3.80. The van der Waals surface area contributed by atoms with Crippen molar-refractivity contribution in [2.24, 2.45) is 5.73 Å². The number of rotatable bonds is 2. The van der Waals surface area contributed by atoms with Gasteiger partial charge in [0.25, 0.3) is 0 Å². The number of aromatic hydroxyl groups is 1. The molecule has 1 fully saturated rings. The molecular weight excluding hydrogens is 254 g/mol. The van der Waals surface area contributed by atoms with Crippen LogP contribution in [0.5, 0.6) is 5.75 Å². The van der Waals surface area contributed by atoms with Crippen LogP contribution in [0, 0.1) is 0 Å². The van der Waals surface area contributed by atoms with Crippen molar-refractivity contribution in [1.29, 1.82) is 0 Å². The predicted octanol–water partition coefficient (Wildman–Crippen LogP) is 3.23. The summed E-state index contributed by atoms with van der Waals surface area (Å²) in [4.78, 5) is 0. The van der Waals surface area contributed by atoms with Crippen molar-refractivity contribution in [1.82, 2.24) is 0 Å². The number of hydrogen-bond donors (Lipinski definition) is 2. The van der Waals surface area contributed by atoms with Gasteiger partial charge in [-0.1, -0.05) is 29.8 Å². The van der Waals surface area contributed by atoms with Gasteiger partial charge in [-0.3, -0.25) is 0 Å². The Morgan fingerprint density at radius 3 is 2.47 bits per heavy atom. The molecule has 0 unspecified atom stereocenters. The molecule has 15 heavy (non-hydrogen) atoms. The molecule has 82 valence electrons. The minimum Gasteiger partial charge on any atom is -0.508 e. The number of phenolic OH excluding ortho intramolecular Hbond substituents is 1. The Labute approximate surface area is 98.6 Å². The minimum atomic E-state index is -0.276. The van der Waals surface area contributed by atoms with E-state index in [0.717, 1.165) is 28.4 Å². The zero-order chi connectivity index (χ0) is 11.2. The minimum absolute atomic E-state index is 0.276. The van der Waals surface area contributed by atoms with Gasteiger partial charge in [0.2, 0.25) is 0 Å². The zero-order valence-corrected chi connectivity index (χ0v) is 10.6. The van der Waals surface area contributed by atoms with Gasteiger partial charge in [0, 0.05) is 15.6 Å². The Morgan fingerprint density at radius 2 is 2.00 bits per heavy atom. The first-order valence-electron chi connectivity index (χ1n) is 5.26. The predicted molar refractivity (Wildman–Crippen MR) is 65.0 cm³/mol. The lowest BCUT2D eigenvalue weighted by atomic mass is 9.97. The first-order valence-corrected chi connectivity index (χ1v) is 6.05. The van der Waals surface area contributed by atoms with Crippen molar-refractivity contribution < 1.29 is 5.11 Å². The molecule has 0 amide bonds. The van der Waals surface area contributed by atoms with Crippen LogP contribution in [0.25, 0.3) is 0 Å². The van der Waals surface area contributed by atoms with E-state index in [0.29, 0.717) is 11.7 Å². The van der Waals surface area contributed by atoms with Crippen LogP contribution < -0.4 is 5.73 Å². The van der Waals surface area contributed by atoms with Crippen LogP contribution in [0.4, 0.5) is 0 Å². The van der Waals surface area contributed by atoms with Crippen LogP contribution in [0.3, 0.4) is 0 Å². The number of hydrogen-bond acceptors (Lipinski definition) is 2. The maximum Gasteiger partial charge on any atom is 0.120 e. The lowest BCUT2D eigenvalue weighted by molar-refractivity contribution is 0.458. The molecule has 1 saturated carbocycles. The van der Waals surface area contributed by atoms with Gasteiger partial charge in [0.15, 0.2) is 0 Å². The fourth-order valence-electron chi connectivity index (χ4n) is 1.82. The molecule has 3 N–H and O–H groups in total. The van der Waals surface area contributed by atoms with Crippen LogP contribution in [0.1, 0.15) is 43.7 Å². The standard InChI is InChI=1S/C12H16BrNO/c1-7(2)8-5-11(15)9(6-10(8)13)12(14)3-4-12/h5-7,15H,3-4,14H2,1-2H3. The maximum absolute atomic E-state index is 9.94. The second-order valence-electron chi connectivity index (χ2n) is 4.70. The number of nitrogens with two attached hydrogens (primary N) is 1. The Kier molecular flexibility index (Phi) is 2.55. The molecule has 2 rings (SSSR count). The second-order valence-corrected chi connectivity index (χ2v) is 5.56. The van der Waals surface area contributed by atoms with Gasteiger partial charge >= 0.3 is 0 Å². The highest BCUT2D eigenvalue weighted by Gasteiger charge is 2.42. The van der Waals surface area contributed by atoms with E-state index < -0.39 is 0 Å². The van der Waals surface area contributed by atoms with E-state index >= 15 is 0 Å². The Balaban J connectivity index is 2.48. The van der Waals surface area contributed by atoms with Crippen molar-refractivity contribution in [3.63, 3.8) is 0 Å². The van der Waals surface area contributed by atoms with E-state index in [1.807, 2.05) is 12.1 Å². The van der Waals surface area contributed by atoms with E-state index in [2.05, 4.69) is 29.8 Å². The topological polar surface area (TPSA) is 46.2 Å². The molecule has 0 spiro atoms. The number of halogens is 1. The summed E-state index contributed by atoms with van der Waals surface area (Å²) in [5.74, 6) is 0.731. The van der Waals surface area contributed by atoms with Crippen molar-refractivity contribution >= 4 is 15.9 Å². The Bertz CT molecular complexity index is 397. The smallest absolute Gasteiger partial charge is 0.120 e. The highest BCUT2D eigenvalue weighted by atomic mass is 79.9. The van der Waals surface area contributed by atoms with Gasteiger partial charge in [0.05, 0.1) is 0 Å². The van der Waals surface area contributed by atoms with Crippen LogP contribution in [-0.4, -0.2) is 5.11 Å². The molecule has 0 saturated heterocycles. The summed E-state index contributed by atoms with van der Waals surface area (Å²) in [6.45, 7) is 4.21. The lowest BCUT2D eigenvalue weighted by Gasteiger charge is -2.16. The molecule has 0 atom stereocenters. The molecule has 1 aromatic rings. The Morgan fingerprint density at radius 1 is 1.40 bits per heavy atom. The van der Waals surface area contributed by atoms with E-state index in [1.54, 1.807) is 0 Å². The summed E-state index contributed by atoms with van der Waals surface area (Å²) < 4.78 is 1.04. The summed E-state index contributed by atoms with van der Waals surface area (Å²) in [5.41, 5.74) is 7.81. The van der Waals surface area contributed by atoms with Crippen LogP contribution >= 0.6 is 15.9 Å². The van der Waals surface area contributed by atoms with Crippen LogP contribution in [-0.2, 0) is 5.54 Å². The monoisotopic (exact) mass is 269 g/mol. The zero-order valence-electron chi connectivity index (χ0n) is 9.05. The third-order valence-corrected chi connectivity index (χ3v) is 3.75.